The van der Waals surface area contributed by atoms with Gasteiger partial charge in [0.1, 0.15) is 11.9 Å². The maximum Gasteiger partial charge on any atom is 0.346 e. The first-order valence-corrected chi connectivity index (χ1v) is 5.42. The molecule has 0 amide bonds. The van der Waals surface area contributed by atoms with Gasteiger partial charge in [-0.2, -0.15) is 0 Å². The molecule has 2 N–H and O–H groups in total. The van der Waals surface area contributed by atoms with Crippen molar-refractivity contribution >= 4 is 11.8 Å². The summed E-state index contributed by atoms with van der Waals surface area (Å²) in [5.74, 6) is 0.442. The van der Waals surface area contributed by atoms with E-state index in [0.717, 1.165) is 0 Å². The van der Waals surface area contributed by atoms with E-state index in [2.05, 4.69) is 15.3 Å². The first kappa shape index (κ1) is 13.2. The fourth-order valence-corrected chi connectivity index (χ4v) is 1.47. The van der Waals surface area contributed by atoms with E-state index in [4.69, 9.17) is 4.74 Å². The molecule has 6 heteroatoms. The number of nitrogens with zero attached hydrogens (tertiary/aromatic N) is 1. The van der Waals surface area contributed by atoms with Gasteiger partial charge in [-0.1, -0.05) is 13.8 Å². The van der Waals surface area contributed by atoms with Crippen molar-refractivity contribution in [2.24, 2.45) is 5.92 Å². The van der Waals surface area contributed by atoms with Gasteiger partial charge in [0.25, 0.3) is 0 Å². The minimum absolute atomic E-state index is 0.333. The molecule has 1 aromatic rings. The zero-order chi connectivity index (χ0) is 12.8. The van der Waals surface area contributed by atoms with Crippen LogP contribution in [0.3, 0.4) is 0 Å². The van der Waals surface area contributed by atoms with Gasteiger partial charge in [0.15, 0.2) is 0 Å². The van der Waals surface area contributed by atoms with Crippen LogP contribution in [-0.2, 0) is 9.53 Å². The third-order valence-corrected chi connectivity index (χ3v) is 2.20. The second-order valence-electron chi connectivity index (χ2n) is 4.14. The Kier molecular flexibility index (Phi) is 4.68. The molecule has 94 valence electrons. The number of carbonyl (C=O) groups is 1. The minimum Gasteiger partial charge on any atom is -0.467 e. The van der Waals surface area contributed by atoms with Crippen LogP contribution < -0.4 is 11.0 Å². The Labute approximate surface area is 99.4 Å². The highest BCUT2D eigenvalue weighted by atomic mass is 16.5. The highest BCUT2D eigenvalue weighted by Crippen LogP contribution is 2.11. The molecule has 0 aliphatic carbocycles. The summed E-state index contributed by atoms with van der Waals surface area (Å²) in [6.07, 6.45) is 2.00. The average Bonchev–Trinajstić information content (AvgIpc) is 2.26. The summed E-state index contributed by atoms with van der Waals surface area (Å²) in [4.78, 5) is 28.6. The summed E-state index contributed by atoms with van der Waals surface area (Å²) in [5.41, 5.74) is -0.455. The summed E-state index contributed by atoms with van der Waals surface area (Å²) < 4.78 is 4.71. The summed E-state index contributed by atoms with van der Waals surface area (Å²) >= 11 is 0. The Balaban J connectivity index is 2.78. The van der Waals surface area contributed by atoms with Crippen LogP contribution in [0.1, 0.15) is 20.3 Å². The normalized spacial score (nSPS) is 12.2. The molecule has 17 heavy (non-hydrogen) atoms. The third kappa shape index (κ3) is 4.26. The van der Waals surface area contributed by atoms with Gasteiger partial charge in [-0.3, -0.25) is 4.98 Å². The van der Waals surface area contributed by atoms with Gasteiger partial charge >= 0.3 is 11.7 Å². The van der Waals surface area contributed by atoms with E-state index in [-0.39, 0.29) is 5.97 Å². The van der Waals surface area contributed by atoms with Crippen molar-refractivity contribution in [1.29, 1.82) is 0 Å². The number of hydrogen-bond acceptors (Lipinski definition) is 5. The highest BCUT2D eigenvalue weighted by Gasteiger charge is 2.20. The molecule has 0 spiro atoms. The number of H-pyrrole nitrogens is 1. The minimum atomic E-state index is -0.474. The van der Waals surface area contributed by atoms with Crippen molar-refractivity contribution in [3.63, 3.8) is 0 Å². The van der Waals surface area contributed by atoms with Crippen molar-refractivity contribution in [1.82, 2.24) is 9.97 Å². The number of methoxy groups -OCH3 is 1. The summed E-state index contributed by atoms with van der Waals surface area (Å²) in [7, 11) is 1.34. The van der Waals surface area contributed by atoms with Crippen molar-refractivity contribution in [2.75, 3.05) is 12.4 Å². The van der Waals surface area contributed by atoms with Gasteiger partial charge in [-0.25, -0.2) is 14.6 Å². The second kappa shape index (κ2) is 6.03. The quantitative estimate of drug-likeness (QED) is 0.741. The lowest BCUT2D eigenvalue weighted by Gasteiger charge is -2.18. The highest BCUT2D eigenvalue weighted by molar-refractivity contribution is 5.78. The van der Waals surface area contributed by atoms with Gasteiger partial charge < -0.3 is 10.1 Å². The maximum absolute atomic E-state index is 11.5. The molecule has 0 aliphatic rings. The molecular weight excluding hydrogens is 222 g/mol. The predicted octanol–water partition coefficient (Wildman–Crippen LogP) is 0.769. The number of anilines is 1. The molecule has 1 aromatic heterocycles. The molecule has 0 bridgehead atoms. The summed E-state index contributed by atoms with van der Waals surface area (Å²) in [6, 6.07) is 1.12. The van der Waals surface area contributed by atoms with Crippen LogP contribution in [0.2, 0.25) is 0 Å². The number of aromatic amines is 1. The number of nitrogens with one attached hydrogen (secondary N) is 2. The Hall–Kier alpha value is -1.85. The molecule has 6 nitrogen and oxygen atoms in total. The molecule has 0 saturated heterocycles. The smallest absolute Gasteiger partial charge is 0.346 e. The predicted molar refractivity (Wildman–Crippen MR) is 63.7 cm³/mol. The zero-order valence-corrected chi connectivity index (χ0v) is 10.2. The number of hydrogen-bond donors (Lipinski definition) is 2. The molecule has 1 rings (SSSR count). The number of rotatable bonds is 5. The molecule has 0 aromatic carbocycles. The van der Waals surface area contributed by atoms with Crippen molar-refractivity contribution in [3.8, 4) is 0 Å². The monoisotopic (exact) mass is 239 g/mol. The van der Waals surface area contributed by atoms with Crippen molar-refractivity contribution in [2.45, 2.75) is 26.3 Å². The number of esters is 1. The molecule has 1 heterocycles. The maximum atomic E-state index is 11.5. The van der Waals surface area contributed by atoms with Crippen LogP contribution in [0.25, 0.3) is 0 Å². The van der Waals surface area contributed by atoms with Crippen LogP contribution >= 0.6 is 0 Å². The zero-order valence-electron chi connectivity index (χ0n) is 10.2. The molecular formula is C11H17N3O3. The van der Waals surface area contributed by atoms with E-state index in [9.17, 15) is 9.59 Å². The largest absolute Gasteiger partial charge is 0.467 e. The van der Waals surface area contributed by atoms with Gasteiger partial charge in [-0.15, -0.1) is 0 Å². The van der Waals surface area contributed by atoms with E-state index in [1.807, 2.05) is 13.8 Å². The van der Waals surface area contributed by atoms with Gasteiger partial charge in [0.05, 0.1) is 7.11 Å². The van der Waals surface area contributed by atoms with Crippen molar-refractivity contribution < 1.29 is 9.53 Å². The lowest BCUT2D eigenvalue weighted by Crippen LogP contribution is -2.33. The first-order chi connectivity index (χ1) is 8.02. The molecule has 0 fully saturated rings. The Morgan fingerprint density at radius 1 is 1.59 bits per heavy atom. The standard InChI is InChI=1S/C11H17N3O3/c1-7(2)6-8(10(15)17-3)13-9-4-5-12-11(16)14-9/h4-5,7-8H,6H2,1-3H3,(H2,12,13,14,16). The van der Waals surface area contributed by atoms with Crippen molar-refractivity contribution in [3.05, 3.63) is 22.7 Å². The number of ether oxygens (including phenoxy) is 1. The first-order valence-electron chi connectivity index (χ1n) is 5.42. The van der Waals surface area contributed by atoms with E-state index >= 15 is 0 Å². The van der Waals surface area contributed by atoms with E-state index in [1.54, 1.807) is 6.07 Å². The number of carbonyl (C=O) groups excluding carboxylic acids is 1. The van der Waals surface area contributed by atoms with Crippen LogP contribution in [0, 0.1) is 5.92 Å². The van der Waals surface area contributed by atoms with Crippen LogP contribution in [0.15, 0.2) is 17.1 Å². The lowest BCUT2D eigenvalue weighted by atomic mass is 10.0. The summed E-state index contributed by atoms with van der Waals surface area (Å²) in [5, 5.41) is 2.93. The van der Waals surface area contributed by atoms with Crippen LogP contribution in [0.4, 0.5) is 5.82 Å². The molecule has 0 saturated carbocycles. The third-order valence-electron chi connectivity index (χ3n) is 2.20. The average molecular weight is 239 g/mol. The molecule has 0 aliphatic heterocycles. The number of aromatic nitrogens is 2. The molecule has 1 unspecified atom stereocenters. The van der Waals surface area contributed by atoms with Gasteiger partial charge in [-0.05, 0) is 18.4 Å². The van der Waals surface area contributed by atoms with Gasteiger partial charge in [0.2, 0.25) is 0 Å². The van der Waals surface area contributed by atoms with E-state index in [1.165, 1.54) is 13.3 Å². The van der Waals surface area contributed by atoms with E-state index in [0.29, 0.717) is 18.2 Å². The summed E-state index contributed by atoms with van der Waals surface area (Å²) in [6.45, 7) is 4.01. The van der Waals surface area contributed by atoms with Crippen LogP contribution in [0.5, 0.6) is 0 Å². The lowest BCUT2D eigenvalue weighted by molar-refractivity contribution is -0.141. The fourth-order valence-electron chi connectivity index (χ4n) is 1.47. The van der Waals surface area contributed by atoms with Crippen LogP contribution in [-0.4, -0.2) is 29.1 Å². The molecule has 0 radical (unpaired) electrons. The van der Waals surface area contributed by atoms with Gasteiger partial charge in [0, 0.05) is 6.20 Å². The molecule has 1 atom stereocenters. The topological polar surface area (TPSA) is 84.1 Å². The fraction of sp³-hybridized carbons (Fsp3) is 0.545. The second-order valence-corrected chi connectivity index (χ2v) is 4.14. The Morgan fingerprint density at radius 2 is 2.29 bits per heavy atom. The Bertz CT molecular complexity index is 428. The SMILES string of the molecule is COC(=O)C(CC(C)C)Nc1ccnc(=O)[nH]1. The van der Waals surface area contributed by atoms with E-state index < -0.39 is 11.7 Å². The Morgan fingerprint density at radius 3 is 2.82 bits per heavy atom.